The minimum atomic E-state index is -4.37. The smallest absolute Gasteiger partial charge is 0.416 e. The number of halogens is 3. The van der Waals surface area contributed by atoms with Crippen molar-refractivity contribution in [3.8, 4) is 5.75 Å². The van der Waals surface area contributed by atoms with Gasteiger partial charge in [-0.2, -0.15) is 13.2 Å². The first-order valence-electron chi connectivity index (χ1n) is 6.38. The van der Waals surface area contributed by atoms with Crippen LogP contribution in [0.15, 0.2) is 18.2 Å². The molecule has 0 fully saturated rings. The van der Waals surface area contributed by atoms with Crippen LogP contribution in [0.1, 0.15) is 43.7 Å². The fourth-order valence-corrected chi connectivity index (χ4v) is 2.12. The van der Waals surface area contributed by atoms with Gasteiger partial charge < -0.3 is 10.5 Å². The number of alkyl halides is 3. The van der Waals surface area contributed by atoms with Gasteiger partial charge in [0, 0.05) is 6.42 Å². The minimum absolute atomic E-state index is 0.221. The van der Waals surface area contributed by atoms with Gasteiger partial charge in [-0.15, -0.1) is 0 Å². The summed E-state index contributed by atoms with van der Waals surface area (Å²) in [5.41, 5.74) is 5.27. The monoisotopic (exact) mass is 305 g/mol. The van der Waals surface area contributed by atoms with E-state index in [9.17, 15) is 13.2 Å². The fourth-order valence-electron chi connectivity index (χ4n) is 1.87. The van der Waals surface area contributed by atoms with Gasteiger partial charge in [-0.1, -0.05) is 26.1 Å². The molecule has 0 aliphatic heterocycles. The number of rotatable bonds is 6. The molecule has 1 aromatic carbocycles. The summed E-state index contributed by atoms with van der Waals surface area (Å²) in [5, 5.41) is 0. The second kappa shape index (κ2) is 6.92. The van der Waals surface area contributed by atoms with Crippen LogP contribution in [0.5, 0.6) is 5.75 Å². The van der Waals surface area contributed by atoms with Gasteiger partial charge in [0.05, 0.1) is 17.2 Å². The molecule has 1 unspecified atom stereocenters. The average molecular weight is 305 g/mol. The number of ether oxygens (including phenoxy) is 1. The Morgan fingerprint density at radius 3 is 2.55 bits per heavy atom. The van der Waals surface area contributed by atoms with E-state index in [1.165, 1.54) is 6.07 Å². The van der Waals surface area contributed by atoms with Crippen molar-refractivity contribution < 1.29 is 17.9 Å². The van der Waals surface area contributed by atoms with Crippen LogP contribution in [-0.4, -0.2) is 11.6 Å². The molecule has 1 atom stereocenters. The van der Waals surface area contributed by atoms with Crippen LogP contribution in [0.3, 0.4) is 0 Å². The molecule has 0 saturated carbocycles. The van der Waals surface area contributed by atoms with Crippen LogP contribution in [0.4, 0.5) is 13.2 Å². The first-order chi connectivity index (χ1) is 9.25. The summed E-state index contributed by atoms with van der Waals surface area (Å²) in [7, 11) is 0. The third-order valence-corrected chi connectivity index (χ3v) is 3.00. The maximum Gasteiger partial charge on any atom is 0.416 e. The molecule has 2 N–H and O–H groups in total. The lowest BCUT2D eigenvalue weighted by molar-refractivity contribution is -0.137. The highest BCUT2D eigenvalue weighted by Gasteiger charge is 2.31. The summed E-state index contributed by atoms with van der Waals surface area (Å²) in [4.78, 5) is 0.274. The third-order valence-electron chi connectivity index (χ3n) is 2.84. The molecule has 1 rings (SSSR count). The van der Waals surface area contributed by atoms with Crippen molar-refractivity contribution in [3.63, 3.8) is 0 Å². The number of hydrogen-bond acceptors (Lipinski definition) is 2. The van der Waals surface area contributed by atoms with Crippen molar-refractivity contribution in [2.24, 2.45) is 5.73 Å². The maximum absolute atomic E-state index is 12.8. The number of thiocarbonyl (C=S) groups is 1. The molecule has 1 aromatic rings. The normalized spacial score (nSPS) is 13.1. The molecule has 0 spiro atoms. The highest BCUT2D eigenvalue weighted by atomic mass is 32.1. The Bertz CT molecular complexity index is 474. The van der Waals surface area contributed by atoms with Gasteiger partial charge >= 0.3 is 6.18 Å². The first kappa shape index (κ1) is 16.8. The SMILES string of the molecule is CCCOc1ccc(C(F)(F)F)cc1C(C)CC(N)=S. The second-order valence-corrected chi connectivity index (χ2v) is 5.19. The van der Waals surface area contributed by atoms with E-state index in [2.05, 4.69) is 0 Å². The van der Waals surface area contributed by atoms with Gasteiger partial charge in [-0.3, -0.25) is 0 Å². The Balaban J connectivity index is 3.15. The summed E-state index contributed by atoms with van der Waals surface area (Å²) < 4.78 is 43.9. The van der Waals surface area contributed by atoms with Crippen molar-refractivity contribution in [1.82, 2.24) is 0 Å². The summed E-state index contributed by atoms with van der Waals surface area (Å²) in [6.07, 6.45) is -3.25. The summed E-state index contributed by atoms with van der Waals surface area (Å²) >= 11 is 4.82. The van der Waals surface area contributed by atoms with Crippen LogP contribution < -0.4 is 10.5 Å². The predicted molar refractivity (Wildman–Crippen MR) is 77.0 cm³/mol. The summed E-state index contributed by atoms with van der Waals surface area (Å²) in [5.74, 6) is 0.241. The number of hydrogen-bond donors (Lipinski definition) is 1. The molecule has 0 aliphatic carbocycles. The Kier molecular flexibility index (Phi) is 5.80. The number of nitrogens with two attached hydrogens (primary N) is 1. The molecule has 0 heterocycles. The molecule has 0 radical (unpaired) electrons. The maximum atomic E-state index is 12.8. The van der Waals surface area contributed by atoms with E-state index in [0.717, 1.165) is 18.6 Å². The molecule has 0 bridgehead atoms. The van der Waals surface area contributed by atoms with Crippen molar-refractivity contribution in [2.75, 3.05) is 6.61 Å². The Morgan fingerprint density at radius 2 is 2.05 bits per heavy atom. The Hall–Kier alpha value is -1.30. The summed E-state index contributed by atoms with van der Waals surface area (Å²) in [6, 6.07) is 3.51. The molecule has 112 valence electrons. The van der Waals surface area contributed by atoms with Crippen LogP contribution in [0.2, 0.25) is 0 Å². The molecule has 0 aromatic heterocycles. The lowest BCUT2D eigenvalue weighted by Gasteiger charge is -2.18. The molecule has 0 saturated heterocycles. The highest BCUT2D eigenvalue weighted by molar-refractivity contribution is 7.80. The molecular weight excluding hydrogens is 287 g/mol. The topological polar surface area (TPSA) is 35.2 Å². The average Bonchev–Trinajstić information content (AvgIpc) is 2.34. The lowest BCUT2D eigenvalue weighted by atomic mass is 9.95. The van der Waals surface area contributed by atoms with Crippen molar-refractivity contribution in [2.45, 2.75) is 38.8 Å². The van der Waals surface area contributed by atoms with E-state index in [1.54, 1.807) is 6.92 Å². The van der Waals surface area contributed by atoms with Crippen LogP contribution >= 0.6 is 12.2 Å². The molecule has 0 aliphatic rings. The Morgan fingerprint density at radius 1 is 1.40 bits per heavy atom. The van der Waals surface area contributed by atoms with Crippen LogP contribution in [0, 0.1) is 0 Å². The second-order valence-electron chi connectivity index (χ2n) is 4.67. The van der Waals surface area contributed by atoms with E-state index >= 15 is 0 Å². The van der Waals surface area contributed by atoms with Crippen molar-refractivity contribution >= 4 is 17.2 Å². The van der Waals surface area contributed by atoms with E-state index in [-0.39, 0.29) is 10.9 Å². The molecule has 2 nitrogen and oxygen atoms in total. The van der Waals surface area contributed by atoms with E-state index in [4.69, 9.17) is 22.7 Å². The quantitative estimate of drug-likeness (QED) is 0.797. The largest absolute Gasteiger partial charge is 0.493 e. The fraction of sp³-hybridized carbons (Fsp3) is 0.500. The molecule has 6 heteroatoms. The van der Waals surface area contributed by atoms with Crippen LogP contribution in [0.25, 0.3) is 0 Å². The van der Waals surface area contributed by atoms with Gasteiger partial charge in [0.15, 0.2) is 0 Å². The zero-order valence-electron chi connectivity index (χ0n) is 11.5. The predicted octanol–water partition coefficient (Wildman–Crippen LogP) is 4.27. The van der Waals surface area contributed by atoms with Gasteiger partial charge in [-0.25, -0.2) is 0 Å². The highest BCUT2D eigenvalue weighted by Crippen LogP contribution is 2.36. The van der Waals surface area contributed by atoms with Crippen molar-refractivity contribution in [1.29, 1.82) is 0 Å². The van der Waals surface area contributed by atoms with Gasteiger partial charge in [0.25, 0.3) is 0 Å². The Labute approximate surface area is 122 Å². The third kappa shape index (κ3) is 4.67. The zero-order valence-corrected chi connectivity index (χ0v) is 12.3. The number of benzene rings is 1. The molecular formula is C14H18F3NOS. The molecule has 0 amide bonds. The van der Waals surface area contributed by atoms with Crippen molar-refractivity contribution in [3.05, 3.63) is 29.3 Å². The first-order valence-corrected chi connectivity index (χ1v) is 6.78. The minimum Gasteiger partial charge on any atom is -0.493 e. The van der Waals surface area contributed by atoms with Gasteiger partial charge in [0.2, 0.25) is 0 Å². The van der Waals surface area contributed by atoms with Gasteiger partial charge in [-0.05, 0) is 36.1 Å². The lowest BCUT2D eigenvalue weighted by Crippen LogP contribution is -2.14. The summed E-state index contributed by atoms with van der Waals surface area (Å²) in [6.45, 7) is 4.17. The van der Waals surface area contributed by atoms with E-state index in [1.807, 2.05) is 6.92 Å². The van der Waals surface area contributed by atoms with Gasteiger partial charge in [0.1, 0.15) is 5.75 Å². The standard InChI is InChI=1S/C14H18F3NOS/c1-3-6-19-12-5-4-10(14(15,16)17)8-11(12)9(2)7-13(18)20/h4-5,8-9H,3,6-7H2,1-2H3,(H2,18,20). The zero-order chi connectivity index (χ0) is 15.3. The van der Waals surface area contributed by atoms with E-state index < -0.39 is 11.7 Å². The van der Waals surface area contributed by atoms with Crippen LogP contribution in [-0.2, 0) is 6.18 Å². The molecule has 20 heavy (non-hydrogen) atoms. The van der Waals surface area contributed by atoms with E-state index in [0.29, 0.717) is 24.3 Å².